The van der Waals surface area contributed by atoms with E-state index in [4.69, 9.17) is 5.73 Å². The van der Waals surface area contributed by atoms with Crippen molar-refractivity contribution in [3.63, 3.8) is 0 Å². The first-order valence-electron chi connectivity index (χ1n) is 3.84. The van der Waals surface area contributed by atoms with E-state index in [1.54, 1.807) is 6.07 Å². The molecule has 0 saturated heterocycles. The van der Waals surface area contributed by atoms with Gasteiger partial charge in [-0.25, -0.2) is 4.98 Å². The number of halogens is 1. The molecule has 0 radical (unpaired) electrons. The van der Waals surface area contributed by atoms with Crippen LogP contribution in [0.5, 0.6) is 0 Å². The lowest BCUT2D eigenvalue weighted by molar-refractivity contribution is 0.0956. The average molecular weight is 244 g/mol. The van der Waals surface area contributed by atoms with Gasteiger partial charge in [0, 0.05) is 6.54 Å². The first-order chi connectivity index (χ1) is 6.15. The molecule has 0 atom stereocenters. The normalized spacial score (nSPS) is 9.69. The Bertz CT molecular complexity index is 327. The number of hydrogen-bond donors (Lipinski definition) is 2. The second kappa shape index (κ2) is 4.23. The summed E-state index contributed by atoms with van der Waals surface area (Å²) in [6.45, 7) is 2.43. The molecular formula is C8H10BrN3O. The van der Waals surface area contributed by atoms with Crippen molar-refractivity contribution in [1.29, 1.82) is 0 Å². The number of carbonyl (C=O) groups excluding carboxylic acids is 1. The zero-order valence-corrected chi connectivity index (χ0v) is 8.76. The molecule has 0 fully saturated rings. The van der Waals surface area contributed by atoms with Gasteiger partial charge in [0.05, 0.1) is 17.4 Å². The predicted octanol–water partition coefficient (Wildman–Crippen LogP) is 1.18. The van der Waals surface area contributed by atoms with Crippen LogP contribution in [0.1, 0.15) is 17.3 Å². The third-order valence-electron chi connectivity index (χ3n) is 1.48. The monoisotopic (exact) mass is 243 g/mol. The number of carbonyl (C=O) groups is 1. The number of hydrogen-bond acceptors (Lipinski definition) is 3. The number of anilines is 1. The number of pyridine rings is 1. The molecule has 0 spiro atoms. The van der Waals surface area contributed by atoms with Gasteiger partial charge in [-0.15, -0.1) is 0 Å². The summed E-state index contributed by atoms with van der Waals surface area (Å²) in [5.41, 5.74) is 6.41. The highest BCUT2D eigenvalue weighted by molar-refractivity contribution is 9.10. The highest BCUT2D eigenvalue weighted by atomic mass is 79.9. The number of nitrogens with one attached hydrogen (secondary N) is 1. The third-order valence-corrected chi connectivity index (χ3v) is 1.92. The fourth-order valence-corrected chi connectivity index (χ4v) is 1.22. The van der Waals surface area contributed by atoms with Gasteiger partial charge in [-0.05, 0) is 28.9 Å². The lowest BCUT2D eigenvalue weighted by Gasteiger charge is -2.04. The molecule has 0 saturated carbocycles. The van der Waals surface area contributed by atoms with E-state index in [1.807, 2.05) is 6.92 Å². The fourth-order valence-electron chi connectivity index (χ4n) is 0.893. The maximum Gasteiger partial charge on any atom is 0.253 e. The molecule has 1 aromatic rings. The number of nitrogens with two attached hydrogens (primary N) is 1. The zero-order valence-electron chi connectivity index (χ0n) is 7.17. The number of rotatable bonds is 2. The van der Waals surface area contributed by atoms with E-state index in [0.29, 0.717) is 22.4 Å². The first-order valence-corrected chi connectivity index (χ1v) is 4.63. The van der Waals surface area contributed by atoms with Crippen LogP contribution in [0.2, 0.25) is 0 Å². The Labute approximate surface area is 84.7 Å². The molecule has 0 unspecified atom stereocenters. The summed E-state index contributed by atoms with van der Waals surface area (Å²) in [4.78, 5) is 15.3. The summed E-state index contributed by atoms with van der Waals surface area (Å²) in [6, 6.07) is 1.60. The van der Waals surface area contributed by atoms with Gasteiger partial charge < -0.3 is 11.1 Å². The van der Waals surface area contributed by atoms with Crippen molar-refractivity contribution in [1.82, 2.24) is 10.3 Å². The molecule has 3 N–H and O–H groups in total. The van der Waals surface area contributed by atoms with Crippen LogP contribution < -0.4 is 11.1 Å². The van der Waals surface area contributed by atoms with Crippen LogP contribution in [0, 0.1) is 0 Å². The van der Waals surface area contributed by atoms with E-state index in [1.165, 1.54) is 6.20 Å². The van der Waals surface area contributed by atoms with Gasteiger partial charge >= 0.3 is 0 Å². The molecule has 0 aliphatic rings. The average Bonchev–Trinajstić information content (AvgIpc) is 2.09. The van der Waals surface area contributed by atoms with E-state index >= 15 is 0 Å². The molecule has 0 bridgehead atoms. The van der Waals surface area contributed by atoms with Crippen molar-refractivity contribution < 1.29 is 4.79 Å². The Morgan fingerprint density at radius 1 is 1.77 bits per heavy atom. The molecule has 0 aliphatic carbocycles. The number of nitrogens with zero attached hydrogens (tertiary/aromatic N) is 1. The quantitative estimate of drug-likeness (QED) is 0.767. The van der Waals surface area contributed by atoms with Crippen LogP contribution >= 0.6 is 15.9 Å². The van der Waals surface area contributed by atoms with Crippen LogP contribution in [0.4, 0.5) is 5.69 Å². The largest absolute Gasteiger partial charge is 0.397 e. The summed E-state index contributed by atoms with van der Waals surface area (Å²) in [5, 5.41) is 2.66. The second-order valence-electron chi connectivity index (χ2n) is 2.45. The molecule has 13 heavy (non-hydrogen) atoms. The van der Waals surface area contributed by atoms with Crippen molar-refractivity contribution in [2.45, 2.75) is 6.92 Å². The Balaban J connectivity index is 2.99. The fraction of sp³-hybridized carbons (Fsp3) is 0.250. The molecule has 1 rings (SSSR count). The molecule has 4 nitrogen and oxygen atoms in total. The Hall–Kier alpha value is -1.10. The smallest absolute Gasteiger partial charge is 0.253 e. The van der Waals surface area contributed by atoms with Gasteiger partial charge in [0.15, 0.2) is 0 Å². The topological polar surface area (TPSA) is 68.0 Å². The minimum atomic E-state index is -0.178. The molecule has 1 amide bonds. The van der Waals surface area contributed by atoms with Crippen LogP contribution in [0.25, 0.3) is 0 Å². The summed E-state index contributed by atoms with van der Waals surface area (Å²) in [5.74, 6) is -0.178. The minimum absolute atomic E-state index is 0.178. The van der Waals surface area contributed by atoms with E-state index in [-0.39, 0.29) is 5.91 Å². The highest BCUT2D eigenvalue weighted by Gasteiger charge is 2.08. The molecule has 0 aliphatic heterocycles. The predicted molar refractivity (Wildman–Crippen MR) is 54.4 cm³/mol. The van der Waals surface area contributed by atoms with Crippen molar-refractivity contribution in [3.05, 3.63) is 22.4 Å². The van der Waals surface area contributed by atoms with Gasteiger partial charge in [-0.3, -0.25) is 4.79 Å². The zero-order chi connectivity index (χ0) is 9.84. The molecule has 5 heteroatoms. The van der Waals surface area contributed by atoms with Crippen LogP contribution in [-0.2, 0) is 0 Å². The molecule has 0 aromatic carbocycles. The van der Waals surface area contributed by atoms with Gasteiger partial charge in [-0.1, -0.05) is 0 Å². The Kier molecular flexibility index (Phi) is 3.25. The van der Waals surface area contributed by atoms with E-state index in [9.17, 15) is 4.79 Å². The molecular weight excluding hydrogens is 234 g/mol. The maximum absolute atomic E-state index is 11.4. The lowest BCUT2D eigenvalue weighted by atomic mass is 10.2. The van der Waals surface area contributed by atoms with Gasteiger partial charge in [0.2, 0.25) is 0 Å². The van der Waals surface area contributed by atoms with Gasteiger partial charge in [-0.2, -0.15) is 0 Å². The molecule has 1 aromatic heterocycles. The minimum Gasteiger partial charge on any atom is -0.397 e. The summed E-state index contributed by atoms with van der Waals surface area (Å²) >= 11 is 3.17. The van der Waals surface area contributed by atoms with Crippen LogP contribution in [-0.4, -0.2) is 17.4 Å². The number of amides is 1. The number of aromatic nitrogens is 1. The summed E-state index contributed by atoms with van der Waals surface area (Å²) in [6.07, 6.45) is 1.45. The maximum atomic E-state index is 11.4. The lowest BCUT2D eigenvalue weighted by Crippen LogP contribution is -2.23. The van der Waals surface area contributed by atoms with E-state index in [2.05, 4.69) is 26.2 Å². The van der Waals surface area contributed by atoms with Crippen molar-refractivity contribution >= 4 is 27.5 Å². The van der Waals surface area contributed by atoms with Crippen LogP contribution in [0.15, 0.2) is 16.9 Å². The van der Waals surface area contributed by atoms with Crippen molar-refractivity contribution in [2.75, 3.05) is 12.3 Å². The standard InChI is InChI=1S/C8H10BrN3O/c1-2-11-8(13)5-3-7(9)12-4-6(5)10/h3-4H,2,10H2,1H3,(H,11,13). The Morgan fingerprint density at radius 3 is 3.08 bits per heavy atom. The number of nitrogen functional groups attached to an aromatic ring is 1. The van der Waals surface area contributed by atoms with Crippen molar-refractivity contribution in [2.24, 2.45) is 0 Å². The van der Waals surface area contributed by atoms with Crippen LogP contribution in [0.3, 0.4) is 0 Å². The summed E-state index contributed by atoms with van der Waals surface area (Å²) in [7, 11) is 0. The van der Waals surface area contributed by atoms with E-state index < -0.39 is 0 Å². The highest BCUT2D eigenvalue weighted by Crippen LogP contribution is 2.14. The molecule has 70 valence electrons. The molecule has 1 heterocycles. The van der Waals surface area contributed by atoms with Crippen molar-refractivity contribution in [3.8, 4) is 0 Å². The van der Waals surface area contributed by atoms with E-state index in [0.717, 1.165) is 0 Å². The Morgan fingerprint density at radius 2 is 2.46 bits per heavy atom. The third kappa shape index (κ3) is 2.42. The van der Waals surface area contributed by atoms with Gasteiger partial charge in [0.25, 0.3) is 5.91 Å². The SMILES string of the molecule is CCNC(=O)c1cc(Br)ncc1N. The first kappa shape index (κ1) is 9.98. The van der Waals surface area contributed by atoms with Gasteiger partial charge in [0.1, 0.15) is 4.60 Å². The second-order valence-corrected chi connectivity index (χ2v) is 3.27. The summed E-state index contributed by atoms with van der Waals surface area (Å²) < 4.78 is 0.600.